The van der Waals surface area contributed by atoms with Gasteiger partial charge < -0.3 is 10.8 Å². The van der Waals surface area contributed by atoms with E-state index in [1.807, 2.05) is 0 Å². The molecule has 1 saturated heterocycles. The first-order chi connectivity index (χ1) is 10.6. The molecule has 0 aromatic heterocycles. The van der Waals surface area contributed by atoms with Gasteiger partial charge in [-0.05, 0) is 34.1 Å². The van der Waals surface area contributed by atoms with Crippen molar-refractivity contribution < 1.29 is 21.9 Å². The smallest absolute Gasteiger partial charge is 0.244 e. The molecule has 0 amide bonds. The predicted octanol–water partition coefficient (Wildman–Crippen LogP) is 0.319. The van der Waals surface area contributed by atoms with Crippen molar-refractivity contribution in [2.75, 3.05) is 24.6 Å². The Morgan fingerprint density at radius 1 is 1.30 bits per heavy atom. The van der Waals surface area contributed by atoms with Gasteiger partial charge in [0, 0.05) is 22.0 Å². The Kier molecular flexibility index (Phi) is 5.92. The first-order valence-corrected chi connectivity index (χ1v) is 11.5. The minimum atomic E-state index is -4.03. The van der Waals surface area contributed by atoms with Gasteiger partial charge >= 0.3 is 0 Å². The Morgan fingerprint density at radius 3 is 2.48 bits per heavy atom. The fourth-order valence-electron chi connectivity index (χ4n) is 2.48. The van der Waals surface area contributed by atoms with Gasteiger partial charge in [-0.3, -0.25) is 0 Å². The molecule has 0 bridgehead atoms. The average molecular weight is 492 g/mol. The number of rotatable bonds is 5. The third-order valence-corrected chi connectivity index (χ3v) is 8.60. The minimum absolute atomic E-state index is 0.00806. The molecule has 1 aliphatic rings. The largest absolute Gasteiger partial charge is 0.390 e. The van der Waals surface area contributed by atoms with Crippen LogP contribution in [0.3, 0.4) is 0 Å². The highest BCUT2D eigenvalue weighted by atomic mass is 79.9. The Labute approximate surface area is 152 Å². The van der Waals surface area contributed by atoms with Crippen molar-refractivity contribution in [1.82, 2.24) is 4.31 Å². The van der Waals surface area contributed by atoms with Gasteiger partial charge in [-0.1, -0.05) is 15.9 Å². The predicted molar refractivity (Wildman–Crippen MR) is 93.2 cm³/mol. The number of aliphatic hydroxyl groups is 1. The Morgan fingerprint density at radius 2 is 1.96 bits per heavy atom. The molecule has 2 atom stereocenters. The minimum Gasteiger partial charge on any atom is -0.390 e. The standard InChI is InChI=1S/C12H16Br2N2O5S2/c13-8-1-2-9(14)12(5-8)23(20,21)16(4-3-15)10-6-22(18,19)7-11(10)17/h1-2,5,10-11,17H,3-4,6-7,15H2/t10-,11-/m1/s1. The van der Waals surface area contributed by atoms with Crippen molar-refractivity contribution in [3.05, 3.63) is 27.1 Å². The topological polar surface area (TPSA) is 118 Å². The maximum absolute atomic E-state index is 13.0. The quantitative estimate of drug-likeness (QED) is 0.612. The Bertz CT molecular complexity index is 798. The summed E-state index contributed by atoms with van der Waals surface area (Å²) in [4.78, 5) is -0.0168. The highest BCUT2D eigenvalue weighted by Crippen LogP contribution is 2.31. The molecule has 0 spiro atoms. The van der Waals surface area contributed by atoms with Crippen LogP contribution in [0, 0.1) is 0 Å². The highest BCUT2D eigenvalue weighted by molar-refractivity contribution is 9.11. The van der Waals surface area contributed by atoms with Gasteiger partial charge in [0.2, 0.25) is 10.0 Å². The number of nitrogens with zero attached hydrogens (tertiary/aromatic N) is 1. The number of halogens is 2. The van der Waals surface area contributed by atoms with Crippen molar-refractivity contribution in [2.45, 2.75) is 17.0 Å². The van der Waals surface area contributed by atoms with E-state index in [1.54, 1.807) is 12.1 Å². The summed E-state index contributed by atoms with van der Waals surface area (Å²) in [6.45, 7) is -0.0767. The van der Waals surface area contributed by atoms with Gasteiger partial charge in [-0.15, -0.1) is 0 Å². The lowest BCUT2D eigenvalue weighted by Gasteiger charge is -2.29. The number of benzene rings is 1. The van der Waals surface area contributed by atoms with Gasteiger partial charge in [-0.2, -0.15) is 4.31 Å². The molecule has 130 valence electrons. The van der Waals surface area contributed by atoms with Crippen LogP contribution < -0.4 is 5.73 Å². The van der Waals surface area contributed by atoms with Crippen LogP contribution >= 0.6 is 31.9 Å². The summed E-state index contributed by atoms with van der Waals surface area (Å²) in [5.74, 6) is -0.868. The Balaban J connectivity index is 2.50. The average Bonchev–Trinajstić information content (AvgIpc) is 2.71. The first kappa shape index (κ1) is 19.3. The molecule has 11 heteroatoms. The summed E-state index contributed by atoms with van der Waals surface area (Å²) in [5.41, 5.74) is 5.49. The lowest BCUT2D eigenvalue weighted by Crippen LogP contribution is -2.48. The normalized spacial score (nSPS) is 24.2. The summed E-state index contributed by atoms with van der Waals surface area (Å²) in [7, 11) is -7.52. The molecule has 3 N–H and O–H groups in total. The van der Waals surface area contributed by atoms with E-state index in [0.29, 0.717) is 8.95 Å². The first-order valence-electron chi connectivity index (χ1n) is 6.64. The van der Waals surface area contributed by atoms with Gasteiger partial charge in [0.15, 0.2) is 9.84 Å². The van der Waals surface area contributed by atoms with Crippen LogP contribution in [-0.2, 0) is 19.9 Å². The molecular formula is C12H16Br2N2O5S2. The lowest BCUT2D eigenvalue weighted by atomic mass is 10.2. The van der Waals surface area contributed by atoms with Crippen LogP contribution in [0.4, 0.5) is 0 Å². The van der Waals surface area contributed by atoms with Gasteiger partial charge in [0.05, 0.1) is 28.5 Å². The third-order valence-electron chi connectivity index (χ3n) is 3.49. The van der Waals surface area contributed by atoms with E-state index in [4.69, 9.17) is 5.73 Å². The van der Waals surface area contributed by atoms with Crippen LogP contribution in [0.1, 0.15) is 0 Å². The zero-order chi connectivity index (χ0) is 17.4. The van der Waals surface area contributed by atoms with Crippen molar-refractivity contribution >= 4 is 51.7 Å². The van der Waals surface area contributed by atoms with E-state index >= 15 is 0 Å². The fourth-order valence-corrected chi connectivity index (χ4v) is 7.51. The zero-order valence-electron chi connectivity index (χ0n) is 11.9. The maximum Gasteiger partial charge on any atom is 0.244 e. The van der Waals surface area contributed by atoms with E-state index in [1.165, 1.54) is 6.07 Å². The number of aliphatic hydroxyl groups excluding tert-OH is 1. The van der Waals surface area contributed by atoms with Crippen LogP contribution in [0.15, 0.2) is 32.0 Å². The van der Waals surface area contributed by atoms with Gasteiger partial charge in [0.1, 0.15) is 0 Å². The number of hydrogen-bond acceptors (Lipinski definition) is 6. The summed E-state index contributed by atoms with van der Waals surface area (Å²) >= 11 is 6.41. The molecule has 1 heterocycles. The lowest BCUT2D eigenvalue weighted by molar-refractivity contribution is 0.129. The molecular weight excluding hydrogens is 476 g/mol. The van der Waals surface area contributed by atoms with E-state index < -0.39 is 43.5 Å². The second kappa shape index (κ2) is 7.06. The number of hydrogen-bond donors (Lipinski definition) is 2. The second-order valence-electron chi connectivity index (χ2n) is 5.19. The Hall–Kier alpha value is -0.0400. The molecule has 1 fully saturated rings. The van der Waals surface area contributed by atoms with E-state index in [0.717, 1.165) is 4.31 Å². The number of sulfone groups is 1. The third kappa shape index (κ3) is 4.14. The van der Waals surface area contributed by atoms with Crippen LogP contribution in [0.2, 0.25) is 0 Å². The molecule has 0 saturated carbocycles. The number of nitrogens with two attached hydrogens (primary N) is 1. The monoisotopic (exact) mass is 490 g/mol. The van der Waals surface area contributed by atoms with Gasteiger partial charge in [0.25, 0.3) is 0 Å². The second-order valence-corrected chi connectivity index (χ2v) is 11.0. The van der Waals surface area contributed by atoms with Crippen LogP contribution in [0.25, 0.3) is 0 Å². The molecule has 1 aromatic carbocycles. The molecule has 1 aromatic rings. The highest BCUT2D eigenvalue weighted by Gasteiger charge is 2.44. The molecule has 0 radical (unpaired) electrons. The van der Waals surface area contributed by atoms with E-state index in [2.05, 4.69) is 31.9 Å². The van der Waals surface area contributed by atoms with Crippen molar-refractivity contribution in [1.29, 1.82) is 0 Å². The van der Waals surface area contributed by atoms with E-state index in [9.17, 15) is 21.9 Å². The van der Waals surface area contributed by atoms with Crippen LogP contribution in [-0.4, -0.2) is 63.0 Å². The maximum atomic E-state index is 13.0. The molecule has 7 nitrogen and oxygen atoms in total. The zero-order valence-corrected chi connectivity index (χ0v) is 16.7. The van der Waals surface area contributed by atoms with Crippen molar-refractivity contribution in [3.63, 3.8) is 0 Å². The summed E-state index contributed by atoms with van der Waals surface area (Å²) in [6.07, 6.45) is -1.27. The molecule has 0 aliphatic carbocycles. The molecule has 0 unspecified atom stereocenters. The number of sulfonamides is 1. The van der Waals surface area contributed by atoms with Gasteiger partial charge in [-0.25, -0.2) is 16.8 Å². The van der Waals surface area contributed by atoms with Crippen molar-refractivity contribution in [3.8, 4) is 0 Å². The molecule has 1 aliphatic heterocycles. The summed E-state index contributed by atoms with van der Waals surface area (Å²) < 4.78 is 51.2. The summed E-state index contributed by atoms with van der Waals surface area (Å²) in [6, 6.07) is 3.61. The van der Waals surface area contributed by atoms with Crippen molar-refractivity contribution in [2.24, 2.45) is 5.73 Å². The molecule has 2 rings (SSSR count). The summed E-state index contributed by atoms with van der Waals surface area (Å²) in [5, 5.41) is 10.0. The van der Waals surface area contributed by atoms with E-state index in [-0.39, 0.29) is 18.0 Å². The SMILES string of the molecule is NCCN([C@@H]1CS(=O)(=O)C[C@H]1O)S(=O)(=O)c1cc(Br)ccc1Br. The fraction of sp³-hybridized carbons (Fsp3) is 0.500. The molecule has 23 heavy (non-hydrogen) atoms. The van der Waals surface area contributed by atoms with Crippen LogP contribution in [0.5, 0.6) is 0 Å².